The number of imide groups is 1. The molecule has 0 radical (unpaired) electrons. The number of nitrogens with one attached hydrogen (secondary N) is 1. The first-order valence-corrected chi connectivity index (χ1v) is 7.21. The van der Waals surface area contributed by atoms with Gasteiger partial charge in [0, 0.05) is 25.4 Å². The molecule has 0 spiro atoms. The third-order valence-electron chi connectivity index (χ3n) is 3.32. The van der Waals surface area contributed by atoms with Crippen LogP contribution in [-0.4, -0.2) is 43.9 Å². The van der Waals surface area contributed by atoms with E-state index in [0.29, 0.717) is 10.9 Å². The molecule has 1 heterocycles. The minimum atomic E-state index is -1.62. The van der Waals surface area contributed by atoms with E-state index in [9.17, 15) is 19.2 Å². The van der Waals surface area contributed by atoms with Gasteiger partial charge in [0.15, 0.2) is 5.57 Å². The van der Waals surface area contributed by atoms with Crippen molar-refractivity contribution in [3.05, 3.63) is 36.3 Å². The van der Waals surface area contributed by atoms with Crippen molar-refractivity contribution in [2.24, 2.45) is 0 Å². The van der Waals surface area contributed by atoms with Gasteiger partial charge >= 0.3 is 11.9 Å². The quantitative estimate of drug-likeness (QED) is 0.404. The van der Waals surface area contributed by atoms with Crippen molar-refractivity contribution in [1.82, 2.24) is 9.97 Å². The molecule has 2 amide bonds. The maximum atomic E-state index is 11.7. The van der Waals surface area contributed by atoms with Crippen LogP contribution >= 0.6 is 0 Å². The van der Waals surface area contributed by atoms with Crippen molar-refractivity contribution in [2.75, 3.05) is 10.2 Å². The molecular formula is C16H14N4O6. The number of anilines is 2. The van der Waals surface area contributed by atoms with Crippen LogP contribution in [0, 0.1) is 0 Å². The molecule has 0 aliphatic heterocycles. The summed E-state index contributed by atoms with van der Waals surface area (Å²) < 4.78 is 0. The zero-order valence-electron chi connectivity index (χ0n) is 13.8. The zero-order chi connectivity index (χ0) is 19.4. The summed E-state index contributed by atoms with van der Waals surface area (Å²) in [7, 11) is 0. The number of carbonyl (C=O) groups is 4. The van der Waals surface area contributed by atoms with Crippen molar-refractivity contribution >= 4 is 46.2 Å². The Balaban J connectivity index is 2.54. The van der Waals surface area contributed by atoms with Crippen LogP contribution in [0.4, 0.5) is 11.5 Å². The molecule has 1 aromatic heterocycles. The topological polar surface area (TPSA) is 150 Å². The minimum absolute atomic E-state index is 0.115. The van der Waals surface area contributed by atoms with Gasteiger partial charge in [0.1, 0.15) is 12.1 Å². The van der Waals surface area contributed by atoms with E-state index in [1.54, 1.807) is 6.07 Å². The predicted molar refractivity (Wildman–Crippen MR) is 90.4 cm³/mol. The van der Waals surface area contributed by atoms with Gasteiger partial charge in [-0.3, -0.25) is 14.5 Å². The highest BCUT2D eigenvalue weighted by atomic mass is 16.4. The van der Waals surface area contributed by atoms with Crippen molar-refractivity contribution in [1.29, 1.82) is 0 Å². The van der Waals surface area contributed by atoms with Crippen molar-refractivity contribution in [3.63, 3.8) is 0 Å². The fourth-order valence-electron chi connectivity index (χ4n) is 2.24. The molecule has 2 aromatic rings. The van der Waals surface area contributed by atoms with Crippen molar-refractivity contribution in [3.8, 4) is 0 Å². The highest BCUT2D eigenvalue weighted by Crippen LogP contribution is 2.26. The lowest BCUT2D eigenvalue weighted by atomic mass is 10.2. The molecule has 1 aromatic carbocycles. The van der Waals surface area contributed by atoms with E-state index in [4.69, 9.17) is 10.2 Å². The monoisotopic (exact) mass is 358 g/mol. The number of carboxylic acids is 2. The minimum Gasteiger partial charge on any atom is -0.477 e. The molecule has 26 heavy (non-hydrogen) atoms. The summed E-state index contributed by atoms with van der Waals surface area (Å²) in [5.74, 6) is -4.10. The Kier molecular flexibility index (Phi) is 5.26. The van der Waals surface area contributed by atoms with Gasteiger partial charge in [-0.2, -0.15) is 0 Å². The Morgan fingerprint density at radius 2 is 1.65 bits per heavy atom. The number of hydrogen-bond acceptors (Lipinski definition) is 7. The van der Waals surface area contributed by atoms with E-state index in [-0.39, 0.29) is 11.5 Å². The average Bonchev–Trinajstić information content (AvgIpc) is 2.54. The molecule has 10 nitrogen and oxygen atoms in total. The van der Waals surface area contributed by atoms with Crippen LogP contribution in [0.5, 0.6) is 0 Å². The normalized spacial score (nSPS) is 10.1. The fourth-order valence-corrected chi connectivity index (χ4v) is 2.24. The van der Waals surface area contributed by atoms with E-state index in [1.807, 2.05) is 0 Å². The Morgan fingerprint density at radius 3 is 2.19 bits per heavy atom. The standard InChI is InChI=1S/C16H14N4O6/c1-8(21)20(9(2)22)10-3-4-13-11(5-10)14(19-7-18-13)17-6-12(15(23)24)16(25)26/h3-7H,1-2H3,(H,23,24)(H,25,26)(H,17,18,19). The van der Waals surface area contributed by atoms with E-state index in [1.165, 1.54) is 32.3 Å². The van der Waals surface area contributed by atoms with Crippen LogP contribution in [0.3, 0.4) is 0 Å². The third kappa shape index (κ3) is 3.80. The predicted octanol–water partition coefficient (Wildman–Crippen LogP) is 0.994. The van der Waals surface area contributed by atoms with E-state index in [2.05, 4.69) is 15.3 Å². The largest absolute Gasteiger partial charge is 0.477 e. The van der Waals surface area contributed by atoms with Crippen LogP contribution in [0.1, 0.15) is 13.8 Å². The zero-order valence-corrected chi connectivity index (χ0v) is 13.8. The number of aromatic nitrogens is 2. The molecule has 0 saturated heterocycles. The summed E-state index contributed by atoms with van der Waals surface area (Å²) in [4.78, 5) is 54.1. The first-order chi connectivity index (χ1) is 12.2. The summed E-state index contributed by atoms with van der Waals surface area (Å²) in [6, 6.07) is 4.54. The first kappa shape index (κ1) is 18.5. The lowest BCUT2D eigenvalue weighted by Gasteiger charge is -2.18. The molecule has 0 fully saturated rings. The third-order valence-corrected chi connectivity index (χ3v) is 3.32. The highest BCUT2D eigenvalue weighted by molar-refractivity contribution is 6.14. The summed E-state index contributed by atoms with van der Waals surface area (Å²) in [6.45, 7) is 2.47. The molecule has 3 N–H and O–H groups in total. The summed E-state index contributed by atoms with van der Waals surface area (Å²) in [6.07, 6.45) is 1.99. The van der Waals surface area contributed by atoms with Gasteiger partial charge in [-0.25, -0.2) is 19.6 Å². The molecule has 0 aliphatic rings. The van der Waals surface area contributed by atoms with Gasteiger partial charge < -0.3 is 15.5 Å². The molecule has 134 valence electrons. The van der Waals surface area contributed by atoms with Gasteiger partial charge in [0.05, 0.1) is 11.2 Å². The van der Waals surface area contributed by atoms with E-state index < -0.39 is 29.3 Å². The molecule has 0 atom stereocenters. The van der Waals surface area contributed by atoms with Gasteiger partial charge in [-0.1, -0.05) is 0 Å². The highest BCUT2D eigenvalue weighted by Gasteiger charge is 2.18. The molecule has 0 saturated carbocycles. The number of benzene rings is 1. The smallest absolute Gasteiger partial charge is 0.344 e. The van der Waals surface area contributed by atoms with Gasteiger partial charge in [-0.15, -0.1) is 0 Å². The summed E-state index contributed by atoms with van der Waals surface area (Å²) in [5.41, 5.74) is -0.169. The van der Waals surface area contributed by atoms with E-state index in [0.717, 1.165) is 11.1 Å². The number of nitrogens with zero attached hydrogens (tertiary/aromatic N) is 3. The number of carbonyl (C=O) groups excluding carboxylic acids is 2. The lowest BCUT2D eigenvalue weighted by molar-refractivity contribution is -0.140. The Morgan fingerprint density at radius 1 is 1.04 bits per heavy atom. The number of rotatable bonds is 5. The average molecular weight is 358 g/mol. The molecular weight excluding hydrogens is 344 g/mol. The number of amides is 2. The number of carboxylic acid groups (broad SMARTS) is 2. The second-order valence-corrected chi connectivity index (χ2v) is 5.11. The molecule has 0 unspecified atom stereocenters. The SMILES string of the molecule is CC(=O)N(C(C)=O)c1ccc2ncnc(NC=C(C(=O)O)C(=O)O)c2c1. The number of hydrogen-bond donors (Lipinski definition) is 3. The lowest BCUT2D eigenvalue weighted by Crippen LogP contribution is -2.32. The molecule has 0 aliphatic carbocycles. The molecule has 10 heteroatoms. The van der Waals surface area contributed by atoms with Crippen LogP contribution in [0.25, 0.3) is 10.9 Å². The van der Waals surface area contributed by atoms with Gasteiger partial charge in [-0.05, 0) is 18.2 Å². The summed E-state index contributed by atoms with van der Waals surface area (Å²) >= 11 is 0. The van der Waals surface area contributed by atoms with Crippen molar-refractivity contribution in [2.45, 2.75) is 13.8 Å². The molecule has 0 bridgehead atoms. The summed E-state index contributed by atoms with van der Waals surface area (Å²) in [5, 5.41) is 20.6. The van der Waals surface area contributed by atoms with Crippen LogP contribution in [0.2, 0.25) is 0 Å². The Hall–Kier alpha value is -3.82. The fraction of sp³-hybridized carbons (Fsp3) is 0.125. The molecule has 2 rings (SSSR count). The van der Waals surface area contributed by atoms with Crippen LogP contribution in [0.15, 0.2) is 36.3 Å². The number of aliphatic carboxylic acids is 2. The second kappa shape index (κ2) is 7.38. The van der Waals surface area contributed by atoms with Crippen LogP contribution in [-0.2, 0) is 19.2 Å². The Labute approximate surface area is 146 Å². The second-order valence-electron chi connectivity index (χ2n) is 5.11. The maximum absolute atomic E-state index is 11.7. The Bertz CT molecular complexity index is 923. The van der Waals surface area contributed by atoms with Crippen LogP contribution < -0.4 is 10.2 Å². The first-order valence-electron chi connectivity index (χ1n) is 7.21. The van der Waals surface area contributed by atoms with Crippen molar-refractivity contribution < 1.29 is 29.4 Å². The number of fused-ring (bicyclic) bond motifs is 1. The maximum Gasteiger partial charge on any atom is 0.344 e. The van der Waals surface area contributed by atoms with Gasteiger partial charge in [0.2, 0.25) is 11.8 Å². The van der Waals surface area contributed by atoms with Gasteiger partial charge in [0.25, 0.3) is 0 Å². The van der Waals surface area contributed by atoms with E-state index >= 15 is 0 Å².